The van der Waals surface area contributed by atoms with E-state index in [1.165, 1.54) is 40.5 Å². The standard InChI is InChI=1S/C23H25F2N3O3S2/c1-27(23(29)11-15-3-6-17(7-4-15)33(2,30)31)20-9-10-28(13-18(20)25)14-22-26-19-12-16(24)5-8-21(19)32-22/h3-8,12,18,20H,9-11,13-14H2,1-2H3/t18-,20+/m0/s1. The van der Waals surface area contributed by atoms with Crippen molar-refractivity contribution in [3.63, 3.8) is 0 Å². The predicted octanol–water partition coefficient (Wildman–Crippen LogP) is 3.45. The Morgan fingerprint density at radius 3 is 2.64 bits per heavy atom. The number of halogens is 2. The number of hydrogen-bond acceptors (Lipinski definition) is 6. The minimum Gasteiger partial charge on any atom is -0.339 e. The van der Waals surface area contributed by atoms with Crippen molar-refractivity contribution in [2.75, 3.05) is 26.4 Å². The summed E-state index contributed by atoms with van der Waals surface area (Å²) in [4.78, 5) is 20.8. The number of aromatic nitrogens is 1. The normalized spacial score (nSPS) is 19.6. The smallest absolute Gasteiger partial charge is 0.227 e. The number of fused-ring (bicyclic) bond motifs is 1. The topological polar surface area (TPSA) is 70.6 Å². The first kappa shape index (κ1) is 23.7. The second-order valence-electron chi connectivity index (χ2n) is 8.42. The van der Waals surface area contributed by atoms with Crippen molar-refractivity contribution in [3.8, 4) is 0 Å². The summed E-state index contributed by atoms with van der Waals surface area (Å²) in [7, 11) is -1.68. The van der Waals surface area contributed by atoms with Gasteiger partial charge < -0.3 is 4.90 Å². The minimum atomic E-state index is -3.30. The molecule has 2 heterocycles. The Hall–Kier alpha value is -2.43. The summed E-state index contributed by atoms with van der Waals surface area (Å²) in [6.07, 6.45) is 0.504. The van der Waals surface area contributed by atoms with Gasteiger partial charge in [0.2, 0.25) is 5.91 Å². The molecule has 1 aliphatic heterocycles. The number of nitrogens with zero attached hydrogens (tertiary/aromatic N) is 3. The highest BCUT2D eigenvalue weighted by Crippen LogP contribution is 2.26. The third-order valence-corrected chi connectivity index (χ3v) is 8.09. The second kappa shape index (κ2) is 9.44. The Balaban J connectivity index is 1.34. The van der Waals surface area contributed by atoms with Gasteiger partial charge in [-0.05, 0) is 36.2 Å². The van der Waals surface area contributed by atoms with Crippen LogP contribution >= 0.6 is 11.3 Å². The summed E-state index contributed by atoms with van der Waals surface area (Å²) in [6.45, 7) is 1.30. The maximum absolute atomic E-state index is 15.0. The van der Waals surface area contributed by atoms with Crippen molar-refractivity contribution < 1.29 is 22.0 Å². The molecule has 3 aromatic rings. The van der Waals surface area contributed by atoms with Crippen LogP contribution in [0.4, 0.5) is 8.78 Å². The summed E-state index contributed by atoms with van der Waals surface area (Å²) < 4.78 is 52.5. The number of benzene rings is 2. The third-order valence-electron chi connectivity index (χ3n) is 5.94. The Labute approximate surface area is 195 Å². The van der Waals surface area contributed by atoms with Gasteiger partial charge in [-0.1, -0.05) is 12.1 Å². The zero-order valence-corrected chi connectivity index (χ0v) is 20.0. The Morgan fingerprint density at radius 1 is 1.24 bits per heavy atom. The molecule has 1 aromatic heterocycles. The zero-order valence-electron chi connectivity index (χ0n) is 18.4. The van der Waals surface area contributed by atoms with E-state index in [0.717, 1.165) is 16.0 Å². The molecule has 1 aliphatic rings. The average Bonchev–Trinajstić information content (AvgIpc) is 3.14. The lowest BCUT2D eigenvalue weighted by Crippen LogP contribution is -2.52. The molecule has 0 aliphatic carbocycles. The van der Waals surface area contributed by atoms with Crippen LogP contribution in [-0.4, -0.2) is 67.7 Å². The summed E-state index contributed by atoms with van der Waals surface area (Å²) in [5.74, 6) is -0.542. The summed E-state index contributed by atoms with van der Waals surface area (Å²) in [5.41, 5.74) is 1.29. The van der Waals surface area contributed by atoms with E-state index >= 15 is 4.39 Å². The molecule has 0 radical (unpaired) electrons. The molecule has 6 nitrogen and oxygen atoms in total. The predicted molar refractivity (Wildman–Crippen MR) is 124 cm³/mol. The van der Waals surface area contributed by atoms with Crippen molar-refractivity contribution in [1.82, 2.24) is 14.8 Å². The van der Waals surface area contributed by atoms with E-state index in [1.54, 1.807) is 25.2 Å². The van der Waals surface area contributed by atoms with Crippen molar-refractivity contribution in [2.45, 2.75) is 36.5 Å². The molecule has 0 spiro atoms. The van der Waals surface area contributed by atoms with Gasteiger partial charge in [-0.25, -0.2) is 22.2 Å². The molecular weight excluding hydrogens is 468 g/mol. The summed E-state index contributed by atoms with van der Waals surface area (Å²) in [6, 6.07) is 10.2. The molecule has 4 rings (SSSR count). The van der Waals surface area contributed by atoms with Crippen LogP contribution < -0.4 is 0 Å². The van der Waals surface area contributed by atoms with Gasteiger partial charge in [0.15, 0.2) is 9.84 Å². The average molecular weight is 494 g/mol. The van der Waals surface area contributed by atoms with E-state index < -0.39 is 22.1 Å². The number of sulfone groups is 1. The van der Waals surface area contributed by atoms with E-state index in [0.29, 0.717) is 30.6 Å². The molecular formula is C23H25F2N3O3S2. The van der Waals surface area contributed by atoms with Crippen LogP contribution in [0, 0.1) is 5.82 Å². The van der Waals surface area contributed by atoms with E-state index in [1.807, 2.05) is 4.90 Å². The van der Waals surface area contributed by atoms with Crippen LogP contribution in [0.15, 0.2) is 47.4 Å². The number of amides is 1. The van der Waals surface area contributed by atoms with Crippen LogP contribution in [0.25, 0.3) is 10.2 Å². The number of carbonyl (C=O) groups is 1. The summed E-state index contributed by atoms with van der Waals surface area (Å²) in [5, 5.41) is 0.809. The van der Waals surface area contributed by atoms with E-state index in [-0.39, 0.29) is 29.6 Å². The van der Waals surface area contributed by atoms with Crippen LogP contribution in [0.2, 0.25) is 0 Å². The molecule has 2 atom stereocenters. The van der Waals surface area contributed by atoms with E-state index in [4.69, 9.17) is 0 Å². The van der Waals surface area contributed by atoms with Gasteiger partial charge in [-0.3, -0.25) is 9.69 Å². The minimum absolute atomic E-state index is 0.0791. The number of alkyl halides is 1. The van der Waals surface area contributed by atoms with Crippen molar-refractivity contribution >= 4 is 37.3 Å². The van der Waals surface area contributed by atoms with Gasteiger partial charge in [0, 0.05) is 32.5 Å². The quantitative estimate of drug-likeness (QED) is 0.526. The zero-order chi connectivity index (χ0) is 23.8. The number of likely N-dealkylation sites (tertiary alicyclic amines) is 1. The van der Waals surface area contributed by atoms with Crippen molar-refractivity contribution in [2.24, 2.45) is 0 Å². The maximum atomic E-state index is 15.0. The van der Waals surface area contributed by atoms with Gasteiger partial charge in [-0.15, -0.1) is 11.3 Å². The molecule has 1 fully saturated rings. The Kier molecular flexibility index (Phi) is 6.78. The van der Waals surface area contributed by atoms with Crippen LogP contribution in [0.3, 0.4) is 0 Å². The molecule has 2 aromatic carbocycles. The van der Waals surface area contributed by atoms with Gasteiger partial charge in [-0.2, -0.15) is 0 Å². The molecule has 1 amide bonds. The van der Waals surface area contributed by atoms with E-state index in [9.17, 15) is 17.6 Å². The molecule has 33 heavy (non-hydrogen) atoms. The number of thiazole rings is 1. The van der Waals surface area contributed by atoms with Gasteiger partial charge >= 0.3 is 0 Å². The molecule has 0 saturated carbocycles. The number of rotatable bonds is 6. The van der Waals surface area contributed by atoms with Crippen molar-refractivity contribution in [1.29, 1.82) is 0 Å². The molecule has 0 N–H and O–H groups in total. The fourth-order valence-corrected chi connectivity index (χ4v) is 5.70. The second-order valence-corrected chi connectivity index (χ2v) is 11.6. The van der Waals surface area contributed by atoms with Crippen LogP contribution in [0.1, 0.15) is 17.0 Å². The first-order valence-corrected chi connectivity index (χ1v) is 13.3. The number of carbonyl (C=O) groups excluding carboxylic acids is 1. The Bertz CT molecular complexity index is 1260. The molecule has 0 unspecified atom stereocenters. The highest BCUT2D eigenvalue weighted by Gasteiger charge is 2.34. The van der Waals surface area contributed by atoms with Crippen LogP contribution in [0.5, 0.6) is 0 Å². The van der Waals surface area contributed by atoms with Gasteiger partial charge in [0.05, 0.1) is 34.1 Å². The van der Waals surface area contributed by atoms with Crippen LogP contribution in [-0.2, 0) is 27.6 Å². The third kappa shape index (κ3) is 5.56. The maximum Gasteiger partial charge on any atom is 0.227 e. The van der Waals surface area contributed by atoms with Gasteiger partial charge in [0.25, 0.3) is 0 Å². The highest BCUT2D eigenvalue weighted by molar-refractivity contribution is 7.90. The SMILES string of the molecule is CN(C(=O)Cc1ccc(S(C)(=O)=O)cc1)[C@@H]1CCN(Cc2nc3cc(F)ccc3s2)C[C@@H]1F. The summed E-state index contributed by atoms with van der Waals surface area (Å²) >= 11 is 1.47. The number of likely N-dealkylation sites (N-methyl/N-ethyl adjacent to an activating group) is 1. The lowest BCUT2D eigenvalue weighted by atomic mass is 10.0. The first-order valence-electron chi connectivity index (χ1n) is 10.6. The molecule has 0 bridgehead atoms. The molecule has 10 heteroatoms. The lowest BCUT2D eigenvalue weighted by molar-refractivity contribution is -0.134. The number of hydrogen-bond donors (Lipinski definition) is 0. The molecule has 176 valence electrons. The monoisotopic (exact) mass is 493 g/mol. The first-order chi connectivity index (χ1) is 15.6. The highest BCUT2D eigenvalue weighted by atomic mass is 32.2. The fourth-order valence-electron chi connectivity index (χ4n) is 4.08. The molecule has 1 saturated heterocycles. The van der Waals surface area contributed by atoms with E-state index in [2.05, 4.69) is 4.98 Å². The fraction of sp³-hybridized carbons (Fsp3) is 0.391. The largest absolute Gasteiger partial charge is 0.339 e. The Morgan fingerprint density at radius 2 is 1.97 bits per heavy atom. The van der Waals surface area contributed by atoms with Crippen molar-refractivity contribution in [3.05, 3.63) is 58.9 Å². The number of piperidine rings is 1. The van der Waals surface area contributed by atoms with Gasteiger partial charge in [0.1, 0.15) is 17.0 Å². The lowest BCUT2D eigenvalue weighted by Gasteiger charge is -2.39.